The van der Waals surface area contributed by atoms with Crippen LogP contribution in [0.1, 0.15) is 30.8 Å². The minimum absolute atomic E-state index is 0.183. The van der Waals surface area contributed by atoms with E-state index in [9.17, 15) is 9.59 Å². The van der Waals surface area contributed by atoms with Crippen molar-refractivity contribution in [1.29, 1.82) is 0 Å². The van der Waals surface area contributed by atoms with Crippen LogP contribution in [-0.4, -0.2) is 39.0 Å². The first-order chi connectivity index (χ1) is 15.1. The molecule has 4 rings (SSSR count). The van der Waals surface area contributed by atoms with Crippen LogP contribution in [-0.2, 0) is 0 Å². The predicted octanol–water partition coefficient (Wildman–Crippen LogP) is 3.78. The number of benzene rings is 2. The van der Waals surface area contributed by atoms with Gasteiger partial charge in [-0.1, -0.05) is 19.1 Å². The maximum absolute atomic E-state index is 12.9. The van der Waals surface area contributed by atoms with E-state index in [-0.39, 0.29) is 17.9 Å². The van der Waals surface area contributed by atoms with Crippen molar-refractivity contribution in [1.82, 2.24) is 19.5 Å². The topological polar surface area (TPSA) is 99.1 Å². The minimum atomic E-state index is -0.428. The molecule has 0 radical (unpaired) electrons. The fourth-order valence-electron chi connectivity index (χ4n) is 3.39. The van der Waals surface area contributed by atoms with Gasteiger partial charge in [-0.25, -0.2) is 19.3 Å². The standard InChI is InChI=1S/C23H22N4O4/c1-4-17(28)19-20-22(26-21(24-19)14-10-12-15(13-11-14)31-5-2)27(23(29)25-20)16-8-6-7-9-18(16)30-3/h6-13H,4-5H2,1-3H3,(H,25,29). The third-order valence-corrected chi connectivity index (χ3v) is 4.87. The van der Waals surface area contributed by atoms with E-state index < -0.39 is 5.69 Å². The monoisotopic (exact) mass is 418 g/mol. The zero-order valence-corrected chi connectivity index (χ0v) is 17.5. The average molecular weight is 418 g/mol. The Balaban J connectivity index is 1.99. The number of fused-ring (bicyclic) bond motifs is 1. The van der Waals surface area contributed by atoms with Crippen LogP contribution in [0.15, 0.2) is 53.3 Å². The number of Topliss-reactive ketones (excluding diaryl/α,β-unsaturated/α-hetero) is 1. The molecule has 0 aliphatic rings. The zero-order valence-electron chi connectivity index (χ0n) is 17.5. The number of methoxy groups -OCH3 is 1. The molecular formula is C23H22N4O4. The number of ether oxygens (including phenoxy) is 2. The fraction of sp³-hybridized carbons (Fsp3) is 0.217. The van der Waals surface area contributed by atoms with Crippen LogP contribution in [0, 0.1) is 0 Å². The molecular weight excluding hydrogens is 396 g/mol. The lowest BCUT2D eigenvalue weighted by atomic mass is 10.1. The van der Waals surface area contributed by atoms with Crippen molar-refractivity contribution in [3.63, 3.8) is 0 Å². The Morgan fingerprint density at radius 1 is 1.06 bits per heavy atom. The summed E-state index contributed by atoms with van der Waals surface area (Å²) >= 11 is 0. The fourth-order valence-corrected chi connectivity index (χ4v) is 3.39. The summed E-state index contributed by atoms with van der Waals surface area (Å²) in [7, 11) is 1.53. The Hall–Kier alpha value is -3.94. The Kier molecular flexibility index (Phi) is 5.53. The van der Waals surface area contributed by atoms with E-state index in [4.69, 9.17) is 9.47 Å². The third kappa shape index (κ3) is 3.68. The van der Waals surface area contributed by atoms with Crippen molar-refractivity contribution in [3.05, 3.63) is 64.7 Å². The Bertz CT molecular complexity index is 1310. The molecule has 0 aliphatic carbocycles. The molecule has 158 valence electrons. The highest BCUT2D eigenvalue weighted by molar-refractivity contribution is 6.04. The first-order valence-electron chi connectivity index (χ1n) is 10.00. The summed E-state index contributed by atoms with van der Waals surface area (Å²) < 4.78 is 12.3. The van der Waals surface area contributed by atoms with Gasteiger partial charge in [0, 0.05) is 12.0 Å². The van der Waals surface area contributed by atoms with Gasteiger partial charge in [0.1, 0.15) is 22.7 Å². The number of hydrogen-bond acceptors (Lipinski definition) is 6. The first-order valence-corrected chi connectivity index (χ1v) is 10.00. The summed E-state index contributed by atoms with van der Waals surface area (Å²) in [6, 6.07) is 14.4. The van der Waals surface area contributed by atoms with Crippen molar-refractivity contribution in [2.24, 2.45) is 0 Å². The number of nitrogens with zero attached hydrogens (tertiary/aromatic N) is 3. The van der Waals surface area contributed by atoms with Crippen molar-refractivity contribution < 1.29 is 14.3 Å². The molecule has 1 N–H and O–H groups in total. The Labute approximate surface area is 178 Å². The van der Waals surface area contributed by atoms with E-state index >= 15 is 0 Å². The number of rotatable bonds is 7. The molecule has 0 saturated heterocycles. The lowest BCUT2D eigenvalue weighted by Gasteiger charge is -2.10. The van der Waals surface area contributed by atoms with Crippen LogP contribution >= 0.6 is 0 Å². The minimum Gasteiger partial charge on any atom is -0.495 e. The first kappa shape index (κ1) is 20.3. The van der Waals surface area contributed by atoms with E-state index in [1.54, 1.807) is 25.1 Å². The molecule has 0 unspecified atom stereocenters. The molecule has 0 saturated carbocycles. The van der Waals surface area contributed by atoms with Gasteiger partial charge < -0.3 is 14.5 Å². The summed E-state index contributed by atoms with van der Waals surface area (Å²) in [6.45, 7) is 4.23. The van der Waals surface area contributed by atoms with Gasteiger partial charge in [0.25, 0.3) is 0 Å². The average Bonchev–Trinajstić information content (AvgIpc) is 3.14. The van der Waals surface area contributed by atoms with Gasteiger partial charge in [-0.05, 0) is 43.3 Å². The van der Waals surface area contributed by atoms with Crippen LogP contribution in [0.5, 0.6) is 11.5 Å². The molecule has 2 aromatic heterocycles. The van der Waals surface area contributed by atoms with Crippen LogP contribution in [0.4, 0.5) is 0 Å². The lowest BCUT2D eigenvalue weighted by molar-refractivity contribution is 0.0985. The SMILES string of the molecule is CCOc1ccc(-c2nc(C(=O)CC)c3[nH]c(=O)n(-c4ccccc4OC)c3n2)cc1. The highest BCUT2D eigenvalue weighted by Crippen LogP contribution is 2.27. The smallest absolute Gasteiger partial charge is 0.332 e. The van der Waals surface area contributed by atoms with E-state index in [0.29, 0.717) is 40.6 Å². The van der Waals surface area contributed by atoms with Crippen molar-refractivity contribution >= 4 is 16.9 Å². The maximum Gasteiger partial charge on any atom is 0.332 e. The molecule has 8 heteroatoms. The number of aromatic amines is 1. The normalized spacial score (nSPS) is 10.9. The highest BCUT2D eigenvalue weighted by atomic mass is 16.5. The molecule has 0 fully saturated rings. The molecule has 0 atom stereocenters. The van der Waals surface area contributed by atoms with Gasteiger partial charge in [0.15, 0.2) is 17.3 Å². The molecule has 2 heterocycles. The number of ketones is 1. The molecule has 0 aliphatic heterocycles. The van der Waals surface area contributed by atoms with Gasteiger partial charge in [-0.15, -0.1) is 0 Å². The van der Waals surface area contributed by atoms with E-state index in [2.05, 4.69) is 15.0 Å². The molecule has 0 bridgehead atoms. The number of aromatic nitrogens is 4. The summed E-state index contributed by atoms with van der Waals surface area (Å²) in [5, 5.41) is 0. The summed E-state index contributed by atoms with van der Waals surface area (Å²) in [6.07, 6.45) is 0.247. The quantitative estimate of drug-likeness (QED) is 0.459. The summed E-state index contributed by atoms with van der Waals surface area (Å²) in [5.41, 5.74) is 1.59. The van der Waals surface area contributed by atoms with Gasteiger partial charge >= 0.3 is 5.69 Å². The Morgan fingerprint density at radius 3 is 2.48 bits per heavy atom. The highest BCUT2D eigenvalue weighted by Gasteiger charge is 2.22. The van der Waals surface area contributed by atoms with Crippen LogP contribution in [0.2, 0.25) is 0 Å². The van der Waals surface area contributed by atoms with Crippen LogP contribution in [0.25, 0.3) is 28.2 Å². The van der Waals surface area contributed by atoms with Gasteiger partial charge in [0.2, 0.25) is 0 Å². The molecule has 0 amide bonds. The number of H-pyrrole nitrogens is 1. The lowest BCUT2D eigenvalue weighted by Crippen LogP contribution is -2.15. The third-order valence-electron chi connectivity index (χ3n) is 4.87. The molecule has 2 aromatic carbocycles. The van der Waals surface area contributed by atoms with Crippen molar-refractivity contribution in [2.75, 3.05) is 13.7 Å². The number of carbonyl (C=O) groups is 1. The second-order valence-corrected chi connectivity index (χ2v) is 6.77. The molecule has 0 spiro atoms. The van der Waals surface area contributed by atoms with Crippen molar-refractivity contribution in [3.8, 4) is 28.6 Å². The molecule has 8 nitrogen and oxygen atoms in total. The second-order valence-electron chi connectivity index (χ2n) is 6.77. The summed E-state index contributed by atoms with van der Waals surface area (Å²) in [5.74, 6) is 1.39. The maximum atomic E-state index is 12.9. The van der Waals surface area contributed by atoms with Crippen LogP contribution in [0.3, 0.4) is 0 Å². The summed E-state index contributed by atoms with van der Waals surface area (Å²) in [4.78, 5) is 37.4. The van der Waals surface area contributed by atoms with Gasteiger partial charge in [-0.3, -0.25) is 4.79 Å². The zero-order chi connectivity index (χ0) is 22.0. The van der Waals surface area contributed by atoms with Crippen LogP contribution < -0.4 is 15.2 Å². The Morgan fingerprint density at radius 2 is 1.81 bits per heavy atom. The number of para-hydroxylation sites is 2. The largest absolute Gasteiger partial charge is 0.495 e. The van der Waals surface area contributed by atoms with E-state index in [0.717, 1.165) is 5.75 Å². The molecule has 4 aromatic rings. The predicted molar refractivity (Wildman–Crippen MR) is 117 cm³/mol. The number of nitrogens with one attached hydrogen (secondary N) is 1. The number of imidazole rings is 1. The number of hydrogen-bond donors (Lipinski definition) is 1. The van der Waals surface area contributed by atoms with Gasteiger partial charge in [0.05, 0.1) is 19.4 Å². The number of carbonyl (C=O) groups excluding carboxylic acids is 1. The van der Waals surface area contributed by atoms with Gasteiger partial charge in [-0.2, -0.15) is 0 Å². The van der Waals surface area contributed by atoms with E-state index in [1.807, 2.05) is 37.3 Å². The van der Waals surface area contributed by atoms with Crippen molar-refractivity contribution in [2.45, 2.75) is 20.3 Å². The second kappa shape index (κ2) is 8.43. The molecule has 31 heavy (non-hydrogen) atoms. The van der Waals surface area contributed by atoms with E-state index in [1.165, 1.54) is 11.7 Å².